The van der Waals surface area contributed by atoms with Crippen LogP contribution in [0, 0.1) is 0 Å². The summed E-state index contributed by atoms with van der Waals surface area (Å²) >= 11 is 0. The van der Waals surface area contributed by atoms with Crippen LogP contribution in [0.5, 0.6) is 11.5 Å². The summed E-state index contributed by atoms with van der Waals surface area (Å²) in [6.07, 6.45) is 1.78. The highest BCUT2D eigenvalue weighted by Gasteiger charge is 2.40. The molecule has 0 radical (unpaired) electrons. The maximum atomic E-state index is 12.4. The van der Waals surface area contributed by atoms with Gasteiger partial charge in [0, 0.05) is 44.3 Å². The molecule has 0 unspecified atom stereocenters. The highest BCUT2D eigenvalue weighted by atomic mass is 16.7. The lowest BCUT2D eigenvalue weighted by molar-refractivity contribution is -0.187. The molecule has 0 bridgehead atoms. The highest BCUT2D eigenvalue weighted by molar-refractivity contribution is 5.98. The molecule has 4 rings (SSSR count). The lowest BCUT2D eigenvalue weighted by Crippen LogP contribution is -2.47. The number of benzene rings is 1. The van der Waals surface area contributed by atoms with E-state index in [9.17, 15) is 9.59 Å². The summed E-state index contributed by atoms with van der Waals surface area (Å²) in [6.45, 7) is 3.46. The Bertz CT molecular complexity index is 687. The molecule has 1 aromatic carbocycles. The standard InChI is InChI=1S/C19H23NO6/c21-15(14-1-3-16-17(13-14)24-10-9-23-16)2-4-18(22)20-7-5-19(6-8-20)25-11-12-26-19/h1,3,13H,2,4-12H2. The van der Waals surface area contributed by atoms with Crippen molar-refractivity contribution in [3.63, 3.8) is 0 Å². The highest BCUT2D eigenvalue weighted by Crippen LogP contribution is 2.32. The molecule has 0 saturated carbocycles. The number of rotatable bonds is 4. The molecule has 140 valence electrons. The van der Waals surface area contributed by atoms with E-state index in [1.807, 2.05) is 0 Å². The fourth-order valence-corrected chi connectivity index (χ4v) is 3.62. The first kappa shape index (κ1) is 17.3. The topological polar surface area (TPSA) is 74.3 Å². The fraction of sp³-hybridized carbons (Fsp3) is 0.579. The van der Waals surface area contributed by atoms with Gasteiger partial charge < -0.3 is 23.8 Å². The zero-order chi connectivity index (χ0) is 18.0. The summed E-state index contributed by atoms with van der Waals surface area (Å²) in [5.74, 6) is 0.696. The fourth-order valence-electron chi connectivity index (χ4n) is 3.62. The summed E-state index contributed by atoms with van der Waals surface area (Å²) in [7, 11) is 0. The molecule has 0 aliphatic carbocycles. The molecule has 1 spiro atoms. The second-order valence-corrected chi connectivity index (χ2v) is 6.77. The van der Waals surface area contributed by atoms with E-state index in [0.29, 0.717) is 69.4 Å². The third kappa shape index (κ3) is 3.54. The van der Waals surface area contributed by atoms with Gasteiger partial charge in [-0.25, -0.2) is 0 Å². The number of ether oxygens (including phenoxy) is 4. The molecule has 1 aromatic rings. The molecule has 2 saturated heterocycles. The number of ketones is 1. The first-order valence-corrected chi connectivity index (χ1v) is 9.14. The van der Waals surface area contributed by atoms with Gasteiger partial charge >= 0.3 is 0 Å². The van der Waals surface area contributed by atoms with Crippen molar-refractivity contribution in [2.75, 3.05) is 39.5 Å². The lowest BCUT2D eigenvalue weighted by atomic mass is 10.0. The number of Topliss-reactive ketones (excluding diaryl/α,β-unsaturated/α-hetero) is 1. The number of fused-ring (bicyclic) bond motifs is 1. The molecule has 0 atom stereocenters. The van der Waals surface area contributed by atoms with E-state index < -0.39 is 5.79 Å². The number of amides is 1. The predicted molar refractivity (Wildman–Crippen MR) is 91.4 cm³/mol. The molecule has 0 N–H and O–H groups in total. The maximum absolute atomic E-state index is 12.4. The zero-order valence-corrected chi connectivity index (χ0v) is 14.7. The van der Waals surface area contributed by atoms with Crippen LogP contribution in [0.1, 0.15) is 36.0 Å². The van der Waals surface area contributed by atoms with Gasteiger partial charge in [-0.15, -0.1) is 0 Å². The van der Waals surface area contributed by atoms with Gasteiger partial charge in [0.15, 0.2) is 23.1 Å². The van der Waals surface area contributed by atoms with Gasteiger partial charge in [0.05, 0.1) is 13.2 Å². The van der Waals surface area contributed by atoms with Crippen molar-refractivity contribution in [3.8, 4) is 11.5 Å². The van der Waals surface area contributed by atoms with Gasteiger partial charge in [-0.05, 0) is 18.2 Å². The minimum absolute atomic E-state index is 0.00346. The van der Waals surface area contributed by atoms with Crippen LogP contribution >= 0.6 is 0 Å². The third-order valence-corrected chi connectivity index (χ3v) is 5.12. The largest absolute Gasteiger partial charge is 0.486 e. The van der Waals surface area contributed by atoms with Crippen LogP contribution in [0.4, 0.5) is 0 Å². The Morgan fingerprint density at radius 2 is 1.62 bits per heavy atom. The second-order valence-electron chi connectivity index (χ2n) is 6.77. The SMILES string of the molecule is O=C(CCC(=O)N1CCC2(CC1)OCCO2)c1ccc2c(c1)OCCO2. The lowest BCUT2D eigenvalue weighted by Gasteiger charge is -2.37. The zero-order valence-electron chi connectivity index (χ0n) is 14.7. The molecule has 3 aliphatic heterocycles. The van der Waals surface area contributed by atoms with Crippen LogP contribution in [0.15, 0.2) is 18.2 Å². The normalized spacial score (nSPS) is 21.0. The first-order valence-electron chi connectivity index (χ1n) is 9.14. The Balaban J connectivity index is 1.28. The maximum Gasteiger partial charge on any atom is 0.223 e. The van der Waals surface area contributed by atoms with E-state index in [2.05, 4.69) is 0 Å². The van der Waals surface area contributed by atoms with Crippen molar-refractivity contribution in [1.29, 1.82) is 0 Å². The molecule has 26 heavy (non-hydrogen) atoms. The smallest absolute Gasteiger partial charge is 0.223 e. The van der Waals surface area contributed by atoms with Crippen molar-refractivity contribution in [3.05, 3.63) is 23.8 Å². The Labute approximate surface area is 152 Å². The van der Waals surface area contributed by atoms with Gasteiger partial charge in [0.2, 0.25) is 5.91 Å². The van der Waals surface area contributed by atoms with E-state index in [4.69, 9.17) is 18.9 Å². The second kappa shape index (κ2) is 7.25. The van der Waals surface area contributed by atoms with Crippen LogP contribution in [0.2, 0.25) is 0 Å². The van der Waals surface area contributed by atoms with Crippen molar-refractivity contribution in [2.45, 2.75) is 31.5 Å². The average molecular weight is 361 g/mol. The molecule has 0 aromatic heterocycles. The number of carbonyl (C=O) groups excluding carboxylic acids is 2. The summed E-state index contributed by atoms with van der Waals surface area (Å²) in [5, 5.41) is 0. The minimum Gasteiger partial charge on any atom is -0.486 e. The number of hydrogen-bond acceptors (Lipinski definition) is 6. The average Bonchev–Trinajstić information content (AvgIpc) is 3.14. The number of piperidine rings is 1. The summed E-state index contributed by atoms with van der Waals surface area (Å²) in [4.78, 5) is 26.6. The Kier molecular flexibility index (Phi) is 4.82. The van der Waals surface area contributed by atoms with E-state index >= 15 is 0 Å². The molecule has 2 fully saturated rings. The van der Waals surface area contributed by atoms with Crippen LogP contribution < -0.4 is 9.47 Å². The molecule has 7 nitrogen and oxygen atoms in total. The summed E-state index contributed by atoms with van der Waals surface area (Å²) in [5.41, 5.74) is 0.549. The number of carbonyl (C=O) groups is 2. The van der Waals surface area contributed by atoms with Crippen molar-refractivity contribution in [1.82, 2.24) is 4.90 Å². The first-order chi connectivity index (χ1) is 12.7. The van der Waals surface area contributed by atoms with E-state index in [0.717, 1.165) is 0 Å². The Morgan fingerprint density at radius 3 is 2.35 bits per heavy atom. The van der Waals surface area contributed by atoms with Gasteiger partial charge in [0.1, 0.15) is 13.2 Å². The minimum atomic E-state index is -0.488. The molecular formula is C19H23NO6. The number of nitrogens with zero attached hydrogens (tertiary/aromatic N) is 1. The Hall–Kier alpha value is -2.12. The molecular weight excluding hydrogens is 338 g/mol. The molecule has 3 heterocycles. The van der Waals surface area contributed by atoms with Crippen molar-refractivity contribution < 1.29 is 28.5 Å². The number of likely N-dealkylation sites (tertiary alicyclic amines) is 1. The summed E-state index contributed by atoms with van der Waals surface area (Å²) < 4.78 is 22.3. The molecule has 1 amide bonds. The van der Waals surface area contributed by atoms with Gasteiger partial charge in [-0.2, -0.15) is 0 Å². The predicted octanol–water partition coefficient (Wildman–Crippen LogP) is 1.79. The van der Waals surface area contributed by atoms with Gasteiger partial charge in [0.25, 0.3) is 0 Å². The van der Waals surface area contributed by atoms with Crippen molar-refractivity contribution in [2.24, 2.45) is 0 Å². The van der Waals surface area contributed by atoms with Gasteiger partial charge in [-0.1, -0.05) is 0 Å². The van der Waals surface area contributed by atoms with Crippen LogP contribution in [0.25, 0.3) is 0 Å². The van der Waals surface area contributed by atoms with E-state index in [1.54, 1.807) is 23.1 Å². The van der Waals surface area contributed by atoms with Gasteiger partial charge in [-0.3, -0.25) is 9.59 Å². The monoisotopic (exact) mass is 361 g/mol. The van der Waals surface area contributed by atoms with Crippen LogP contribution in [-0.4, -0.2) is 61.9 Å². The molecule has 3 aliphatic rings. The van der Waals surface area contributed by atoms with Crippen LogP contribution in [-0.2, 0) is 14.3 Å². The van der Waals surface area contributed by atoms with E-state index in [-0.39, 0.29) is 24.5 Å². The van der Waals surface area contributed by atoms with Crippen LogP contribution in [0.3, 0.4) is 0 Å². The van der Waals surface area contributed by atoms with E-state index in [1.165, 1.54) is 0 Å². The van der Waals surface area contributed by atoms with Crippen molar-refractivity contribution >= 4 is 11.7 Å². The Morgan fingerprint density at radius 1 is 0.923 bits per heavy atom. The quantitative estimate of drug-likeness (QED) is 0.761. The molecule has 7 heteroatoms. The third-order valence-electron chi connectivity index (χ3n) is 5.12. The number of hydrogen-bond donors (Lipinski definition) is 0. The summed E-state index contributed by atoms with van der Waals surface area (Å²) in [6, 6.07) is 5.16.